The zero-order valence-corrected chi connectivity index (χ0v) is 12.2. The highest BCUT2D eigenvalue weighted by molar-refractivity contribution is 5.82. The Hall–Kier alpha value is -1.77. The van der Waals surface area contributed by atoms with Crippen LogP contribution in [0.15, 0.2) is 24.3 Å². The second-order valence-corrected chi connectivity index (χ2v) is 5.15. The van der Waals surface area contributed by atoms with Crippen LogP contribution in [0.25, 0.3) is 6.08 Å². The Morgan fingerprint density at radius 2 is 2.05 bits per heavy atom. The first-order valence-electron chi connectivity index (χ1n) is 7.21. The van der Waals surface area contributed by atoms with Gasteiger partial charge in [0.25, 0.3) is 0 Å². The summed E-state index contributed by atoms with van der Waals surface area (Å²) in [6, 6.07) is 5.73. The van der Waals surface area contributed by atoms with Gasteiger partial charge in [0.2, 0.25) is 0 Å². The lowest BCUT2D eigenvalue weighted by Gasteiger charge is -2.13. The van der Waals surface area contributed by atoms with Gasteiger partial charge in [-0.15, -0.1) is 0 Å². The summed E-state index contributed by atoms with van der Waals surface area (Å²) in [6.07, 6.45) is 8.32. The average Bonchev–Trinajstić information content (AvgIpc) is 3.00. The van der Waals surface area contributed by atoms with E-state index in [-0.39, 0.29) is 18.3 Å². The molecular weight excluding hydrogens is 252 g/mol. The number of allylic oxidation sites excluding steroid dienone is 1. The van der Waals surface area contributed by atoms with Gasteiger partial charge in [-0.1, -0.05) is 31.1 Å². The highest BCUT2D eigenvalue weighted by Crippen LogP contribution is 2.30. The molecule has 1 fully saturated rings. The minimum Gasteiger partial charge on any atom is -0.493 e. The molecule has 0 atom stereocenters. The normalized spacial score (nSPS) is 15.7. The fourth-order valence-corrected chi connectivity index (χ4v) is 2.61. The van der Waals surface area contributed by atoms with Gasteiger partial charge in [0.05, 0.1) is 7.11 Å². The summed E-state index contributed by atoms with van der Waals surface area (Å²) in [5, 5.41) is 0. The van der Waals surface area contributed by atoms with Crippen LogP contribution in [0.1, 0.15) is 38.2 Å². The molecule has 1 aromatic carbocycles. The van der Waals surface area contributed by atoms with E-state index in [2.05, 4.69) is 0 Å². The number of hydrogen-bond acceptors (Lipinski definition) is 3. The molecule has 1 aliphatic rings. The lowest BCUT2D eigenvalue weighted by Crippen LogP contribution is -2.19. The van der Waals surface area contributed by atoms with Crippen LogP contribution in [-0.2, 0) is 4.79 Å². The predicted octanol–water partition coefficient (Wildman–Crippen LogP) is 3.87. The molecule has 3 heteroatoms. The SMILES string of the molecule is C/C=C/c1ccc(OCC(=O)C2CCCC2)c(OC)c1. The van der Waals surface area contributed by atoms with Crippen molar-refractivity contribution in [2.45, 2.75) is 32.6 Å². The summed E-state index contributed by atoms with van der Waals surface area (Å²) in [5.74, 6) is 1.71. The molecule has 108 valence electrons. The van der Waals surface area contributed by atoms with Crippen molar-refractivity contribution < 1.29 is 14.3 Å². The quantitative estimate of drug-likeness (QED) is 0.790. The van der Waals surface area contributed by atoms with Crippen molar-refractivity contribution >= 4 is 11.9 Å². The first-order chi connectivity index (χ1) is 9.74. The monoisotopic (exact) mass is 274 g/mol. The minimum absolute atomic E-state index is 0.143. The van der Waals surface area contributed by atoms with Crippen molar-refractivity contribution in [3.05, 3.63) is 29.8 Å². The third kappa shape index (κ3) is 3.62. The molecule has 1 aromatic rings. The number of ketones is 1. The van der Waals surface area contributed by atoms with Crippen LogP contribution in [0.4, 0.5) is 0 Å². The number of methoxy groups -OCH3 is 1. The Bertz CT molecular complexity index is 485. The Balaban J connectivity index is 1.99. The van der Waals surface area contributed by atoms with Crippen LogP contribution in [0.5, 0.6) is 11.5 Å². The zero-order valence-electron chi connectivity index (χ0n) is 12.2. The van der Waals surface area contributed by atoms with Gasteiger partial charge in [0.15, 0.2) is 17.3 Å². The molecule has 0 N–H and O–H groups in total. The van der Waals surface area contributed by atoms with Crippen LogP contribution in [-0.4, -0.2) is 19.5 Å². The molecule has 0 amide bonds. The molecule has 0 unspecified atom stereocenters. The third-order valence-electron chi connectivity index (χ3n) is 3.73. The second kappa shape index (κ2) is 7.13. The van der Waals surface area contributed by atoms with E-state index in [1.165, 1.54) is 0 Å². The number of hydrogen-bond donors (Lipinski definition) is 0. The molecule has 0 heterocycles. The van der Waals surface area contributed by atoms with E-state index in [4.69, 9.17) is 9.47 Å². The van der Waals surface area contributed by atoms with Crippen molar-refractivity contribution in [1.29, 1.82) is 0 Å². The van der Waals surface area contributed by atoms with Gasteiger partial charge in [-0.25, -0.2) is 0 Å². The smallest absolute Gasteiger partial charge is 0.173 e. The average molecular weight is 274 g/mol. The van der Waals surface area contributed by atoms with E-state index in [9.17, 15) is 4.79 Å². The fourth-order valence-electron chi connectivity index (χ4n) is 2.61. The van der Waals surface area contributed by atoms with Crippen LogP contribution >= 0.6 is 0 Å². The molecule has 0 aromatic heterocycles. The zero-order chi connectivity index (χ0) is 14.4. The van der Waals surface area contributed by atoms with Crippen molar-refractivity contribution in [3.63, 3.8) is 0 Å². The number of carbonyl (C=O) groups excluding carboxylic acids is 1. The van der Waals surface area contributed by atoms with E-state index >= 15 is 0 Å². The summed E-state index contributed by atoms with van der Waals surface area (Å²) in [5.41, 5.74) is 1.05. The molecule has 0 radical (unpaired) electrons. The highest BCUT2D eigenvalue weighted by Gasteiger charge is 2.23. The molecule has 1 saturated carbocycles. The van der Waals surface area contributed by atoms with Gasteiger partial charge >= 0.3 is 0 Å². The summed E-state index contributed by atoms with van der Waals surface area (Å²) < 4.78 is 11.0. The highest BCUT2D eigenvalue weighted by atomic mass is 16.5. The number of Topliss-reactive ketones (excluding diaryl/α,β-unsaturated/α-hetero) is 1. The van der Waals surface area contributed by atoms with Crippen LogP contribution in [0.2, 0.25) is 0 Å². The lowest BCUT2D eigenvalue weighted by atomic mass is 10.0. The van der Waals surface area contributed by atoms with Gasteiger partial charge in [-0.2, -0.15) is 0 Å². The Kier molecular flexibility index (Phi) is 5.22. The van der Waals surface area contributed by atoms with E-state index in [1.807, 2.05) is 37.3 Å². The van der Waals surface area contributed by atoms with Crippen LogP contribution in [0, 0.1) is 5.92 Å². The van der Waals surface area contributed by atoms with Crippen LogP contribution < -0.4 is 9.47 Å². The van der Waals surface area contributed by atoms with Gasteiger partial charge < -0.3 is 9.47 Å². The van der Waals surface area contributed by atoms with Gasteiger partial charge in [-0.3, -0.25) is 4.79 Å². The van der Waals surface area contributed by atoms with Gasteiger partial charge in [0.1, 0.15) is 6.61 Å². The summed E-state index contributed by atoms with van der Waals surface area (Å²) >= 11 is 0. The molecule has 0 spiro atoms. The molecule has 3 nitrogen and oxygen atoms in total. The number of rotatable bonds is 6. The molecule has 0 aliphatic heterocycles. The minimum atomic E-state index is 0.143. The molecule has 0 bridgehead atoms. The van der Waals surface area contributed by atoms with Crippen LogP contribution in [0.3, 0.4) is 0 Å². The standard InChI is InChI=1S/C17H22O3/c1-3-6-13-9-10-16(17(11-13)19-2)20-12-15(18)14-7-4-5-8-14/h3,6,9-11,14H,4-5,7-8,12H2,1-2H3/b6-3+. The Morgan fingerprint density at radius 1 is 1.30 bits per heavy atom. The maximum Gasteiger partial charge on any atom is 0.173 e. The van der Waals surface area contributed by atoms with Crippen molar-refractivity contribution in [3.8, 4) is 11.5 Å². The molecule has 20 heavy (non-hydrogen) atoms. The largest absolute Gasteiger partial charge is 0.493 e. The second-order valence-electron chi connectivity index (χ2n) is 5.15. The molecule has 2 rings (SSSR count). The first-order valence-corrected chi connectivity index (χ1v) is 7.21. The number of benzene rings is 1. The molecule has 1 aliphatic carbocycles. The number of carbonyl (C=O) groups is 1. The lowest BCUT2D eigenvalue weighted by molar-refractivity contribution is -0.124. The van der Waals surface area contributed by atoms with Gasteiger partial charge in [0, 0.05) is 5.92 Å². The van der Waals surface area contributed by atoms with E-state index in [0.29, 0.717) is 11.5 Å². The molecule has 0 saturated heterocycles. The molecular formula is C17H22O3. The first kappa shape index (κ1) is 14.6. The van der Waals surface area contributed by atoms with Crippen molar-refractivity contribution in [2.24, 2.45) is 5.92 Å². The van der Waals surface area contributed by atoms with E-state index in [0.717, 1.165) is 31.2 Å². The Labute approximate surface area is 120 Å². The summed E-state index contributed by atoms with van der Waals surface area (Å²) in [7, 11) is 1.61. The number of ether oxygens (including phenoxy) is 2. The van der Waals surface area contributed by atoms with Crippen molar-refractivity contribution in [1.82, 2.24) is 0 Å². The fraction of sp³-hybridized carbons (Fsp3) is 0.471. The van der Waals surface area contributed by atoms with E-state index < -0.39 is 0 Å². The van der Waals surface area contributed by atoms with Crippen molar-refractivity contribution in [2.75, 3.05) is 13.7 Å². The maximum atomic E-state index is 12.0. The van der Waals surface area contributed by atoms with E-state index in [1.54, 1.807) is 7.11 Å². The third-order valence-corrected chi connectivity index (χ3v) is 3.73. The van der Waals surface area contributed by atoms with Gasteiger partial charge in [-0.05, 0) is 37.5 Å². The topological polar surface area (TPSA) is 35.5 Å². The summed E-state index contributed by atoms with van der Waals surface area (Å²) in [6.45, 7) is 2.11. The summed E-state index contributed by atoms with van der Waals surface area (Å²) in [4.78, 5) is 12.0. The Morgan fingerprint density at radius 3 is 2.70 bits per heavy atom. The predicted molar refractivity (Wildman–Crippen MR) is 80.2 cm³/mol. The maximum absolute atomic E-state index is 12.0.